The van der Waals surface area contributed by atoms with Gasteiger partial charge in [-0.25, -0.2) is 4.98 Å². The lowest BCUT2D eigenvalue weighted by atomic mass is 10.0. The van der Waals surface area contributed by atoms with E-state index in [1.807, 2.05) is 54.6 Å². The topological polar surface area (TPSA) is 97.8 Å². The molecular weight excluding hydrogens is 663 g/mol. The number of carbonyl (C=O) groups excluding carboxylic acids is 1. The standard InChI is InChI=1S/C45H45N3O5/c1-50-38-11-5-9-35(27-38)43-44(36-10-6-12-39(28-36)51-2)48(45(47-43)37-20-19-34-26-33-8-3-4-13-40(33)41(34)29-37)30-31-15-17-32(18-16-31)42(49)14-7-22-52-24-25-53-23-21-46/h3-6,8-13,15-20,27-29H,7,14,21-26,30,46H2,1-2H3. The average molecular weight is 708 g/mol. The highest BCUT2D eigenvalue weighted by molar-refractivity contribution is 5.96. The van der Waals surface area contributed by atoms with Crippen molar-refractivity contribution >= 4 is 5.78 Å². The van der Waals surface area contributed by atoms with Crippen LogP contribution in [0.25, 0.3) is 45.0 Å². The maximum atomic E-state index is 13.1. The minimum atomic E-state index is 0.0960. The number of fused-ring (bicyclic) bond motifs is 3. The molecule has 1 aromatic heterocycles. The Balaban J connectivity index is 1.25. The average Bonchev–Trinajstić information content (AvgIpc) is 3.77. The number of ether oxygens (including phenoxy) is 4. The summed E-state index contributed by atoms with van der Waals surface area (Å²) in [4.78, 5) is 18.5. The first-order valence-electron chi connectivity index (χ1n) is 18.1. The fourth-order valence-electron chi connectivity index (χ4n) is 6.99. The zero-order chi connectivity index (χ0) is 36.6. The summed E-state index contributed by atoms with van der Waals surface area (Å²) < 4.78 is 24.6. The van der Waals surface area contributed by atoms with Gasteiger partial charge in [0.2, 0.25) is 0 Å². The molecule has 0 saturated heterocycles. The molecule has 0 atom stereocenters. The lowest BCUT2D eigenvalue weighted by Crippen LogP contribution is -2.12. The Bertz CT molecular complexity index is 2190. The van der Waals surface area contributed by atoms with E-state index in [0.29, 0.717) is 57.9 Å². The number of Topliss-reactive ketones (excluding diaryl/α,β-unsaturated/α-hetero) is 1. The van der Waals surface area contributed by atoms with Crippen LogP contribution in [0.3, 0.4) is 0 Å². The van der Waals surface area contributed by atoms with E-state index in [2.05, 4.69) is 65.2 Å². The van der Waals surface area contributed by atoms with E-state index >= 15 is 0 Å². The Morgan fingerprint density at radius 2 is 1.40 bits per heavy atom. The van der Waals surface area contributed by atoms with Crippen LogP contribution in [0.2, 0.25) is 0 Å². The molecule has 6 aromatic rings. The van der Waals surface area contributed by atoms with Crippen LogP contribution in [0, 0.1) is 0 Å². The second kappa shape index (κ2) is 16.9. The molecule has 5 aromatic carbocycles. The summed E-state index contributed by atoms with van der Waals surface area (Å²) >= 11 is 0. The van der Waals surface area contributed by atoms with Gasteiger partial charge in [-0.1, -0.05) is 84.9 Å². The van der Waals surface area contributed by atoms with E-state index in [9.17, 15) is 4.79 Å². The predicted molar refractivity (Wildman–Crippen MR) is 210 cm³/mol. The van der Waals surface area contributed by atoms with Crippen LogP contribution < -0.4 is 15.2 Å². The van der Waals surface area contributed by atoms with Crippen LogP contribution in [-0.4, -0.2) is 62.5 Å². The minimum Gasteiger partial charge on any atom is -0.497 e. The number of benzene rings is 5. The summed E-state index contributed by atoms with van der Waals surface area (Å²) in [6, 6.07) is 39.4. The van der Waals surface area contributed by atoms with Gasteiger partial charge in [0.25, 0.3) is 0 Å². The number of ketones is 1. The summed E-state index contributed by atoms with van der Waals surface area (Å²) in [6.07, 6.45) is 1.99. The number of rotatable bonds is 17. The number of carbonyl (C=O) groups is 1. The van der Waals surface area contributed by atoms with Crippen molar-refractivity contribution in [2.45, 2.75) is 25.8 Å². The number of imidazole rings is 1. The summed E-state index contributed by atoms with van der Waals surface area (Å²) in [5, 5.41) is 0. The third-order valence-electron chi connectivity index (χ3n) is 9.65. The highest BCUT2D eigenvalue weighted by atomic mass is 16.5. The van der Waals surface area contributed by atoms with Gasteiger partial charge < -0.3 is 29.2 Å². The molecular formula is C45H45N3O5. The van der Waals surface area contributed by atoms with Gasteiger partial charge in [-0.2, -0.15) is 0 Å². The van der Waals surface area contributed by atoms with Crippen LogP contribution in [0.1, 0.15) is 39.9 Å². The molecule has 7 rings (SSSR count). The highest BCUT2D eigenvalue weighted by Gasteiger charge is 2.25. The van der Waals surface area contributed by atoms with Crippen molar-refractivity contribution in [3.63, 3.8) is 0 Å². The van der Waals surface area contributed by atoms with Crippen LogP contribution in [-0.2, 0) is 22.4 Å². The van der Waals surface area contributed by atoms with Gasteiger partial charge >= 0.3 is 0 Å². The van der Waals surface area contributed by atoms with Gasteiger partial charge in [0.1, 0.15) is 17.3 Å². The predicted octanol–water partition coefficient (Wildman–Crippen LogP) is 8.48. The summed E-state index contributed by atoms with van der Waals surface area (Å²) in [5.41, 5.74) is 17.1. The first-order chi connectivity index (χ1) is 26.1. The zero-order valence-corrected chi connectivity index (χ0v) is 30.3. The normalized spacial score (nSPS) is 11.7. The molecule has 270 valence electrons. The smallest absolute Gasteiger partial charge is 0.162 e. The van der Waals surface area contributed by atoms with Crippen molar-refractivity contribution < 1.29 is 23.7 Å². The van der Waals surface area contributed by atoms with Gasteiger partial charge in [0, 0.05) is 48.4 Å². The second-order valence-electron chi connectivity index (χ2n) is 13.1. The van der Waals surface area contributed by atoms with Gasteiger partial charge in [0.15, 0.2) is 5.78 Å². The van der Waals surface area contributed by atoms with E-state index in [0.717, 1.165) is 57.4 Å². The number of methoxy groups -OCH3 is 2. The number of hydrogen-bond donors (Lipinski definition) is 1. The zero-order valence-electron chi connectivity index (χ0n) is 30.3. The number of aromatic nitrogens is 2. The molecule has 0 amide bonds. The summed E-state index contributed by atoms with van der Waals surface area (Å²) in [6.45, 7) is 3.06. The molecule has 0 spiro atoms. The molecule has 0 fully saturated rings. The molecule has 53 heavy (non-hydrogen) atoms. The molecule has 0 saturated carbocycles. The Kier molecular flexibility index (Phi) is 11.4. The van der Waals surface area contributed by atoms with Crippen LogP contribution >= 0.6 is 0 Å². The minimum absolute atomic E-state index is 0.0960. The van der Waals surface area contributed by atoms with Crippen molar-refractivity contribution in [2.24, 2.45) is 5.73 Å². The number of hydrogen-bond acceptors (Lipinski definition) is 7. The van der Waals surface area contributed by atoms with Gasteiger partial charge in [-0.3, -0.25) is 4.79 Å². The van der Waals surface area contributed by atoms with Crippen LogP contribution in [0.15, 0.2) is 115 Å². The SMILES string of the molecule is COc1cccc(-c2nc(-c3ccc4c(c3)-c3ccccc3C4)n(Cc3ccc(C(=O)CCCOCCOCCN)cc3)c2-c2cccc(OC)c2)c1. The molecule has 0 radical (unpaired) electrons. The Morgan fingerprint density at radius 1 is 0.698 bits per heavy atom. The first-order valence-corrected chi connectivity index (χ1v) is 18.1. The first kappa shape index (κ1) is 35.8. The molecule has 0 unspecified atom stereocenters. The third kappa shape index (κ3) is 8.10. The second-order valence-corrected chi connectivity index (χ2v) is 13.1. The molecule has 0 aliphatic heterocycles. The Morgan fingerprint density at radius 3 is 2.15 bits per heavy atom. The molecule has 2 N–H and O–H groups in total. The maximum absolute atomic E-state index is 13.1. The van der Waals surface area contributed by atoms with Crippen LogP contribution in [0.4, 0.5) is 0 Å². The monoisotopic (exact) mass is 707 g/mol. The van der Waals surface area contributed by atoms with E-state index in [1.165, 1.54) is 22.3 Å². The maximum Gasteiger partial charge on any atom is 0.162 e. The van der Waals surface area contributed by atoms with Crippen molar-refractivity contribution in [1.29, 1.82) is 0 Å². The van der Waals surface area contributed by atoms with E-state index in [4.69, 9.17) is 29.7 Å². The lowest BCUT2D eigenvalue weighted by molar-refractivity contribution is 0.0489. The van der Waals surface area contributed by atoms with Gasteiger partial charge in [0.05, 0.1) is 45.4 Å². The quantitative estimate of drug-likeness (QED) is 0.0749. The molecule has 1 heterocycles. The molecule has 0 bridgehead atoms. The third-order valence-corrected chi connectivity index (χ3v) is 9.65. The van der Waals surface area contributed by atoms with Gasteiger partial charge in [-0.15, -0.1) is 0 Å². The largest absolute Gasteiger partial charge is 0.497 e. The summed E-state index contributed by atoms with van der Waals surface area (Å²) in [7, 11) is 3.36. The highest BCUT2D eigenvalue weighted by Crippen LogP contribution is 2.42. The summed E-state index contributed by atoms with van der Waals surface area (Å²) in [5.74, 6) is 2.46. The fourth-order valence-corrected chi connectivity index (χ4v) is 6.99. The van der Waals surface area contributed by atoms with Gasteiger partial charge in [-0.05, 0) is 71.0 Å². The van der Waals surface area contributed by atoms with Crippen molar-refractivity contribution in [3.05, 3.63) is 138 Å². The molecule has 8 heteroatoms. The van der Waals surface area contributed by atoms with E-state index in [-0.39, 0.29) is 5.78 Å². The number of nitrogens with two attached hydrogens (primary N) is 1. The molecule has 1 aliphatic carbocycles. The van der Waals surface area contributed by atoms with Crippen molar-refractivity contribution in [1.82, 2.24) is 9.55 Å². The fraction of sp³-hybridized carbons (Fsp3) is 0.244. The lowest BCUT2D eigenvalue weighted by Gasteiger charge is -2.15. The van der Waals surface area contributed by atoms with Crippen LogP contribution in [0.5, 0.6) is 11.5 Å². The number of nitrogens with zero attached hydrogens (tertiary/aromatic N) is 2. The Hall–Kier alpha value is -5.54. The van der Waals surface area contributed by atoms with E-state index < -0.39 is 0 Å². The van der Waals surface area contributed by atoms with Crippen molar-refractivity contribution in [3.8, 4) is 56.5 Å². The Labute approximate surface area is 311 Å². The van der Waals surface area contributed by atoms with Crippen molar-refractivity contribution in [2.75, 3.05) is 47.2 Å². The molecule has 8 nitrogen and oxygen atoms in total. The van der Waals surface area contributed by atoms with E-state index in [1.54, 1.807) is 14.2 Å². The molecule has 1 aliphatic rings.